The summed E-state index contributed by atoms with van der Waals surface area (Å²) in [4.78, 5) is 0. The van der Waals surface area contributed by atoms with Gasteiger partial charge in [-0.25, -0.2) is 0 Å². The van der Waals surface area contributed by atoms with Gasteiger partial charge in [-0.1, -0.05) is 20.8 Å². The number of anilines is 2. The Balaban J connectivity index is 0.00000512. The second-order valence-electron chi connectivity index (χ2n) is 8.03. The van der Waals surface area contributed by atoms with E-state index in [1.54, 1.807) is 0 Å². The van der Waals surface area contributed by atoms with E-state index >= 15 is 0 Å². The Bertz CT molecular complexity index is 831. The van der Waals surface area contributed by atoms with Crippen LogP contribution in [0.4, 0.5) is 11.4 Å². The number of rotatable bonds is 13. The number of nitrogens with one attached hydrogen (secondary N) is 3. The van der Waals surface area contributed by atoms with Crippen LogP contribution in [0, 0.1) is 0 Å². The second-order valence-corrected chi connectivity index (χ2v) is 8.55. The first-order valence-electron chi connectivity index (χ1n) is 12.2. The van der Waals surface area contributed by atoms with Crippen molar-refractivity contribution in [1.82, 2.24) is 5.32 Å². The van der Waals surface area contributed by atoms with E-state index in [1.807, 2.05) is 0 Å². The normalized spacial score (nSPS) is 10.4. The molecule has 3 nitrogen and oxygen atoms in total. The van der Waals surface area contributed by atoms with Crippen LogP contribution in [-0.4, -0.2) is 19.8 Å². The summed E-state index contributed by atoms with van der Waals surface area (Å²) in [7, 11) is 0. The first-order chi connectivity index (χ1) is 15.0. The molecule has 0 saturated carbocycles. The quantitative estimate of drug-likeness (QED) is 0.204. The molecule has 2 aromatic rings. The maximum absolute atomic E-state index is 4.89. The van der Waals surface area contributed by atoms with Crippen molar-refractivity contribution in [2.75, 3.05) is 30.4 Å². The van der Waals surface area contributed by atoms with Gasteiger partial charge >= 0.3 is 166 Å². The van der Waals surface area contributed by atoms with Crippen LogP contribution in [0.3, 0.4) is 0 Å². The zero-order valence-electron chi connectivity index (χ0n) is 21.2. The molecular weight excluding hydrogens is 585 g/mol. The van der Waals surface area contributed by atoms with Crippen LogP contribution in [0.2, 0.25) is 0 Å². The second kappa shape index (κ2) is 17.0. The van der Waals surface area contributed by atoms with Gasteiger partial charge in [0, 0.05) is 0 Å². The van der Waals surface area contributed by atoms with Crippen molar-refractivity contribution in [3.05, 3.63) is 51.6 Å². The number of aryl methyl sites for hydroxylation is 5. The summed E-state index contributed by atoms with van der Waals surface area (Å²) < 4.78 is 1.15. The first-order valence-corrected chi connectivity index (χ1v) is 12.7. The van der Waals surface area contributed by atoms with Crippen LogP contribution in [0.1, 0.15) is 74.9 Å². The van der Waals surface area contributed by atoms with Gasteiger partial charge in [0.2, 0.25) is 0 Å². The third-order valence-electron chi connectivity index (χ3n) is 6.13. The molecule has 0 heterocycles. The van der Waals surface area contributed by atoms with E-state index in [-0.39, 0.29) is 34.0 Å². The van der Waals surface area contributed by atoms with Gasteiger partial charge in [-0.15, -0.1) is 0 Å². The Kier molecular flexibility index (Phi) is 16.7. The Morgan fingerprint density at radius 1 is 0.606 bits per heavy atom. The van der Waals surface area contributed by atoms with Gasteiger partial charge in [0.15, 0.2) is 0 Å². The molecule has 0 fully saturated rings. The number of benzene rings is 2. The number of hydrogen-bond acceptors (Lipinski definition) is 3. The predicted molar refractivity (Wildman–Crippen MR) is 134 cm³/mol. The smallest absolute Gasteiger partial charge is 1.00 e. The van der Waals surface area contributed by atoms with Crippen LogP contribution in [0.5, 0.6) is 0 Å². The summed E-state index contributed by atoms with van der Waals surface area (Å²) in [5.74, 6) is 0. The summed E-state index contributed by atoms with van der Waals surface area (Å²) in [6.07, 6.45) is 6.29. The molecule has 3 N–H and O–H groups in total. The molecule has 0 aliphatic heterocycles. The molecule has 0 aromatic heterocycles. The molecule has 2 aromatic carbocycles. The van der Waals surface area contributed by atoms with Gasteiger partial charge in [-0.2, -0.15) is 0 Å². The summed E-state index contributed by atoms with van der Waals surface area (Å²) >= 11 is 4.89. The number of hydrogen-bond donors (Lipinski definition) is 3. The molecule has 0 saturated heterocycles. The average Bonchev–Trinajstić information content (AvgIpc) is 2.80. The van der Waals surface area contributed by atoms with Gasteiger partial charge in [0.25, 0.3) is 0 Å². The van der Waals surface area contributed by atoms with Crippen LogP contribution in [0.15, 0.2) is 18.2 Å². The molecule has 0 radical (unpaired) electrons. The number of halogens is 2. The Morgan fingerprint density at radius 3 is 1.64 bits per heavy atom. The van der Waals surface area contributed by atoms with Gasteiger partial charge in [0.1, 0.15) is 0 Å². The zero-order valence-corrected chi connectivity index (χ0v) is 25.4. The minimum atomic E-state index is 0. The van der Waals surface area contributed by atoms with E-state index in [0.717, 1.165) is 62.8 Å². The molecule has 6 heteroatoms. The fourth-order valence-electron chi connectivity index (χ4n) is 4.25. The van der Waals surface area contributed by atoms with E-state index in [9.17, 15) is 0 Å². The molecule has 0 aliphatic rings. The molecule has 0 atom stereocenters. The van der Waals surface area contributed by atoms with E-state index in [0.29, 0.717) is 0 Å². The topological polar surface area (TPSA) is 36.1 Å². The van der Waals surface area contributed by atoms with E-state index in [1.165, 1.54) is 44.8 Å². The summed E-state index contributed by atoms with van der Waals surface area (Å²) in [6.45, 7) is 16.0. The zero-order chi connectivity index (χ0) is 22.8. The Hall–Kier alpha value is -0.534. The summed E-state index contributed by atoms with van der Waals surface area (Å²) in [5, 5.41) is 10.9. The molecule has 0 spiro atoms. The third-order valence-corrected chi connectivity index (χ3v) is 6.78. The summed E-state index contributed by atoms with van der Waals surface area (Å²) in [6, 6.07) is 7.05. The standard InChI is InChI=1S/C27H42N3.2BrH.Co/c1-7-20-15-22(9-3)26(23(10-4)16-20)29-14-13-28-19-30-27-24(11-5)17-21(8-2)18-25(27)12-6;;;/h15-17,28-30H,7-14,19H2,1-6H3;2*1H;/q;;;+2/p-2. The van der Waals surface area contributed by atoms with Gasteiger partial charge in [0.05, 0.1) is 0 Å². The van der Waals surface area contributed by atoms with E-state index < -0.39 is 0 Å². The van der Waals surface area contributed by atoms with Crippen LogP contribution < -0.4 is 54.4 Å². The van der Waals surface area contributed by atoms with Crippen molar-refractivity contribution in [3.63, 3.8) is 0 Å². The van der Waals surface area contributed by atoms with E-state index in [2.05, 4.69) is 75.7 Å². The van der Waals surface area contributed by atoms with Crippen LogP contribution in [-0.2, 0) is 54.3 Å². The Morgan fingerprint density at radius 2 is 1.15 bits per heavy atom. The summed E-state index contributed by atoms with van der Waals surface area (Å²) in [5.41, 5.74) is 11.0. The Labute approximate surface area is 231 Å². The molecular formula is C27H42Br2CoN3. The average molecular weight is 627 g/mol. The fraction of sp³-hybridized carbons (Fsp3) is 0.556. The molecule has 2 rings (SSSR count). The monoisotopic (exact) mass is 625 g/mol. The molecule has 188 valence electrons. The molecule has 0 bridgehead atoms. The van der Waals surface area contributed by atoms with Crippen molar-refractivity contribution >= 4 is 15.9 Å². The predicted octanol–water partition coefficient (Wildman–Crippen LogP) is -0.688. The molecule has 0 amide bonds. The molecule has 0 unspecified atom stereocenters. The van der Waals surface area contributed by atoms with E-state index in [4.69, 9.17) is 15.7 Å². The van der Waals surface area contributed by atoms with Crippen molar-refractivity contribution in [3.8, 4) is 0 Å². The SMILES string of the molecule is CCc1cc(CC)c(NCCNCNc2c(CC)cc(CC)[c]([Co+2])c2CC)c(CC)c1.[Br-].[Br-]. The first kappa shape index (κ1) is 32.5. The van der Waals surface area contributed by atoms with Crippen LogP contribution in [0.25, 0.3) is 0 Å². The van der Waals surface area contributed by atoms with Crippen molar-refractivity contribution in [1.29, 1.82) is 0 Å². The van der Waals surface area contributed by atoms with Gasteiger partial charge in [-0.05, 0) is 12.0 Å². The van der Waals surface area contributed by atoms with Crippen LogP contribution >= 0.6 is 0 Å². The van der Waals surface area contributed by atoms with Crippen molar-refractivity contribution < 1.29 is 49.7 Å². The maximum atomic E-state index is 4.89. The minimum Gasteiger partial charge on any atom is -1.00 e. The third kappa shape index (κ3) is 8.57. The van der Waals surface area contributed by atoms with Gasteiger partial charge < -0.3 is 34.0 Å². The van der Waals surface area contributed by atoms with Crippen molar-refractivity contribution in [2.45, 2.75) is 80.1 Å². The minimum absolute atomic E-state index is 0. The molecule has 33 heavy (non-hydrogen) atoms. The fourth-order valence-corrected chi connectivity index (χ4v) is 4.82. The van der Waals surface area contributed by atoms with Gasteiger partial charge in [-0.3, -0.25) is 0 Å². The van der Waals surface area contributed by atoms with Crippen molar-refractivity contribution in [2.24, 2.45) is 0 Å². The molecule has 0 aliphatic carbocycles.